The largest absolute Gasteiger partial charge is 0.414 e. The summed E-state index contributed by atoms with van der Waals surface area (Å²) in [5.41, 5.74) is 0.190. The zero-order chi connectivity index (χ0) is 19.2. The number of amides is 2. The van der Waals surface area contributed by atoms with E-state index >= 15 is 0 Å². The van der Waals surface area contributed by atoms with Gasteiger partial charge in [-0.1, -0.05) is 37.6 Å². The number of halogens is 4. The molecule has 0 unspecified atom stereocenters. The molecule has 1 rings (SSSR count). The summed E-state index contributed by atoms with van der Waals surface area (Å²) in [4.78, 5) is 24.4. The number of alkyl halides is 3. The summed E-state index contributed by atoms with van der Waals surface area (Å²) in [7, 11) is 0. The van der Waals surface area contributed by atoms with Crippen LogP contribution in [-0.2, 0) is 4.79 Å². The highest BCUT2D eigenvalue weighted by atomic mass is 35.5. The number of rotatable bonds is 7. The number of hydrogen-bond donors (Lipinski definition) is 3. The number of aliphatic hydroxyl groups is 1. The first-order valence-corrected chi connectivity index (χ1v) is 7.99. The lowest BCUT2D eigenvalue weighted by Gasteiger charge is -2.22. The summed E-state index contributed by atoms with van der Waals surface area (Å²) in [6, 6.07) is 5.33. The molecule has 3 N–H and O–H groups in total. The summed E-state index contributed by atoms with van der Waals surface area (Å²) < 4.78 is 36.7. The second kappa shape index (κ2) is 9.05. The van der Waals surface area contributed by atoms with E-state index in [4.69, 9.17) is 16.7 Å². The minimum absolute atomic E-state index is 0.190. The monoisotopic (exact) mass is 380 g/mol. The van der Waals surface area contributed by atoms with Crippen LogP contribution in [0.1, 0.15) is 30.6 Å². The number of carbonyl (C=O) groups is 2. The van der Waals surface area contributed by atoms with E-state index in [9.17, 15) is 22.8 Å². The van der Waals surface area contributed by atoms with Crippen LogP contribution in [0, 0.1) is 5.92 Å². The van der Waals surface area contributed by atoms with Crippen LogP contribution in [0.3, 0.4) is 0 Å². The molecular weight excluding hydrogens is 361 g/mol. The third-order valence-corrected chi connectivity index (χ3v) is 3.78. The van der Waals surface area contributed by atoms with Crippen molar-refractivity contribution >= 4 is 23.4 Å². The van der Waals surface area contributed by atoms with Crippen molar-refractivity contribution in [1.29, 1.82) is 0 Å². The van der Waals surface area contributed by atoms with Gasteiger partial charge in [0.1, 0.15) is 6.04 Å². The molecular formula is C16H20ClF3N2O3. The Morgan fingerprint density at radius 1 is 1.24 bits per heavy atom. The van der Waals surface area contributed by atoms with Gasteiger partial charge in [-0.15, -0.1) is 0 Å². The van der Waals surface area contributed by atoms with Crippen LogP contribution in [0.25, 0.3) is 0 Å². The molecule has 2 amide bonds. The standard InChI is InChI=1S/C16H20ClF3N2O3/c1-9(2)13(15(25)21-8-7-12(23)16(18,19)20)22-14(24)10-5-3-4-6-11(10)17/h3-6,9,12-13,23H,7-8H2,1-2H3,(H,21,25)(H,22,24)/t12-,13-/m1/s1. The second-order valence-electron chi connectivity index (χ2n) is 5.81. The third kappa shape index (κ3) is 6.55. The molecule has 0 aliphatic heterocycles. The van der Waals surface area contributed by atoms with Gasteiger partial charge in [0.15, 0.2) is 6.10 Å². The lowest BCUT2D eigenvalue weighted by atomic mass is 10.0. The van der Waals surface area contributed by atoms with E-state index < -0.39 is 36.6 Å². The average Bonchev–Trinajstić information content (AvgIpc) is 2.51. The van der Waals surface area contributed by atoms with Gasteiger partial charge in [0.25, 0.3) is 5.91 Å². The first-order chi connectivity index (χ1) is 11.5. The van der Waals surface area contributed by atoms with E-state index in [1.807, 2.05) is 0 Å². The zero-order valence-corrected chi connectivity index (χ0v) is 14.5. The summed E-state index contributed by atoms with van der Waals surface area (Å²) >= 11 is 5.93. The van der Waals surface area contributed by atoms with E-state index in [-0.39, 0.29) is 23.0 Å². The van der Waals surface area contributed by atoms with Crippen LogP contribution in [0.15, 0.2) is 24.3 Å². The Morgan fingerprint density at radius 2 is 1.84 bits per heavy atom. The number of hydrogen-bond acceptors (Lipinski definition) is 3. The molecule has 0 bridgehead atoms. The number of carbonyl (C=O) groups excluding carboxylic acids is 2. The van der Waals surface area contributed by atoms with E-state index in [0.717, 1.165) is 0 Å². The van der Waals surface area contributed by atoms with Crippen molar-refractivity contribution in [3.8, 4) is 0 Å². The van der Waals surface area contributed by atoms with Crippen molar-refractivity contribution in [1.82, 2.24) is 10.6 Å². The predicted molar refractivity (Wildman–Crippen MR) is 87.2 cm³/mol. The van der Waals surface area contributed by atoms with Gasteiger partial charge in [-0.3, -0.25) is 9.59 Å². The molecule has 1 aromatic rings. The maximum absolute atomic E-state index is 12.2. The van der Waals surface area contributed by atoms with Crippen molar-refractivity contribution in [3.63, 3.8) is 0 Å². The fraction of sp³-hybridized carbons (Fsp3) is 0.500. The molecule has 140 valence electrons. The maximum atomic E-state index is 12.2. The fourth-order valence-electron chi connectivity index (χ4n) is 2.01. The molecule has 0 saturated heterocycles. The normalized spacial score (nSPS) is 14.1. The van der Waals surface area contributed by atoms with Gasteiger partial charge in [0, 0.05) is 6.54 Å². The van der Waals surface area contributed by atoms with Gasteiger partial charge in [0.05, 0.1) is 10.6 Å². The first-order valence-electron chi connectivity index (χ1n) is 7.62. The first kappa shape index (κ1) is 21.2. The molecule has 0 fully saturated rings. The highest BCUT2D eigenvalue weighted by Crippen LogP contribution is 2.21. The summed E-state index contributed by atoms with van der Waals surface area (Å²) in [6.07, 6.45) is -7.91. The molecule has 0 heterocycles. The van der Waals surface area contributed by atoms with Crippen LogP contribution in [-0.4, -0.2) is 41.8 Å². The van der Waals surface area contributed by atoms with Crippen LogP contribution in [0.5, 0.6) is 0 Å². The number of aliphatic hydroxyl groups excluding tert-OH is 1. The van der Waals surface area contributed by atoms with Crippen LogP contribution in [0.2, 0.25) is 5.02 Å². The fourth-order valence-corrected chi connectivity index (χ4v) is 2.23. The van der Waals surface area contributed by atoms with Crippen molar-refractivity contribution in [2.45, 2.75) is 38.6 Å². The van der Waals surface area contributed by atoms with Crippen molar-refractivity contribution in [3.05, 3.63) is 34.9 Å². The molecule has 0 aromatic heterocycles. The van der Waals surface area contributed by atoms with Gasteiger partial charge < -0.3 is 15.7 Å². The van der Waals surface area contributed by atoms with Crippen LogP contribution >= 0.6 is 11.6 Å². The lowest BCUT2D eigenvalue weighted by molar-refractivity contribution is -0.205. The molecule has 0 spiro atoms. The SMILES string of the molecule is CC(C)[C@@H](NC(=O)c1ccccc1Cl)C(=O)NCC[C@@H](O)C(F)(F)F. The molecule has 2 atom stereocenters. The maximum Gasteiger partial charge on any atom is 0.414 e. The van der Waals surface area contributed by atoms with Gasteiger partial charge in [-0.2, -0.15) is 13.2 Å². The van der Waals surface area contributed by atoms with Crippen molar-refractivity contribution in [2.75, 3.05) is 6.54 Å². The Bertz CT molecular complexity index is 609. The van der Waals surface area contributed by atoms with Gasteiger partial charge >= 0.3 is 6.18 Å². The molecule has 0 saturated carbocycles. The molecule has 0 aliphatic carbocycles. The highest BCUT2D eigenvalue weighted by Gasteiger charge is 2.37. The van der Waals surface area contributed by atoms with Crippen LogP contribution < -0.4 is 10.6 Å². The Balaban J connectivity index is 2.66. The Labute approximate surface area is 148 Å². The summed E-state index contributed by atoms with van der Waals surface area (Å²) in [5, 5.41) is 13.9. The van der Waals surface area contributed by atoms with Gasteiger partial charge in [-0.25, -0.2) is 0 Å². The average molecular weight is 381 g/mol. The topological polar surface area (TPSA) is 78.4 Å². The predicted octanol–water partition coefficient (Wildman–Crippen LogP) is 2.52. The van der Waals surface area contributed by atoms with Crippen molar-refractivity contribution in [2.24, 2.45) is 5.92 Å². The van der Waals surface area contributed by atoms with Gasteiger partial charge in [-0.05, 0) is 24.5 Å². The molecule has 5 nitrogen and oxygen atoms in total. The highest BCUT2D eigenvalue weighted by molar-refractivity contribution is 6.33. The zero-order valence-electron chi connectivity index (χ0n) is 13.7. The van der Waals surface area contributed by atoms with E-state index in [0.29, 0.717) is 0 Å². The molecule has 1 aromatic carbocycles. The van der Waals surface area contributed by atoms with Crippen LogP contribution in [0.4, 0.5) is 13.2 Å². The second-order valence-corrected chi connectivity index (χ2v) is 6.22. The van der Waals surface area contributed by atoms with E-state index in [1.54, 1.807) is 26.0 Å². The van der Waals surface area contributed by atoms with Gasteiger partial charge in [0.2, 0.25) is 5.91 Å². The minimum Gasteiger partial charge on any atom is -0.384 e. The Hall–Kier alpha value is -1.80. The Morgan fingerprint density at radius 3 is 2.36 bits per heavy atom. The minimum atomic E-state index is -4.74. The number of nitrogens with one attached hydrogen (secondary N) is 2. The molecule has 9 heteroatoms. The number of benzene rings is 1. The smallest absolute Gasteiger partial charge is 0.384 e. The quantitative estimate of drug-likeness (QED) is 0.680. The Kier molecular flexibility index (Phi) is 7.69. The summed E-state index contributed by atoms with van der Waals surface area (Å²) in [6.45, 7) is 2.99. The summed E-state index contributed by atoms with van der Waals surface area (Å²) in [5.74, 6) is -1.50. The van der Waals surface area contributed by atoms with E-state index in [2.05, 4.69) is 10.6 Å². The molecule has 0 radical (unpaired) electrons. The van der Waals surface area contributed by atoms with Crippen molar-refractivity contribution < 1.29 is 27.9 Å². The molecule has 25 heavy (non-hydrogen) atoms. The van der Waals surface area contributed by atoms with E-state index in [1.165, 1.54) is 12.1 Å². The lowest BCUT2D eigenvalue weighted by Crippen LogP contribution is -2.50. The third-order valence-electron chi connectivity index (χ3n) is 3.45. The molecule has 0 aliphatic rings.